The highest BCUT2D eigenvalue weighted by Gasteiger charge is 2.64. The molecule has 1 saturated heterocycles. The smallest absolute Gasteiger partial charge is 0.411 e. The van der Waals surface area contributed by atoms with Crippen molar-refractivity contribution in [3.8, 4) is 17.5 Å². The van der Waals surface area contributed by atoms with E-state index in [2.05, 4.69) is 10.0 Å². The Kier molecular flexibility index (Phi) is 12.0. The van der Waals surface area contributed by atoms with Gasteiger partial charge in [-0.05, 0) is 108 Å². The van der Waals surface area contributed by atoms with Gasteiger partial charge >= 0.3 is 12.3 Å². The summed E-state index contributed by atoms with van der Waals surface area (Å²) in [5.41, 5.74) is -3.94. The van der Waals surface area contributed by atoms with E-state index < -0.39 is 85.9 Å². The van der Waals surface area contributed by atoms with Crippen molar-refractivity contribution in [2.75, 3.05) is 20.3 Å². The number of benzene rings is 1. The van der Waals surface area contributed by atoms with Crippen LogP contribution in [0.4, 0.5) is 18.0 Å². The van der Waals surface area contributed by atoms with Gasteiger partial charge in [-0.2, -0.15) is 18.2 Å². The molecular weight excluding hydrogens is 836 g/mol. The zero-order valence-electron chi connectivity index (χ0n) is 35.8. The van der Waals surface area contributed by atoms with Crippen LogP contribution in [-0.2, 0) is 30.8 Å². The maximum Gasteiger partial charge on any atom is 0.411 e. The van der Waals surface area contributed by atoms with Gasteiger partial charge in [-0.3, -0.25) is 24.0 Å². The van der Waals surface area contributed by atoms with E-state index in [9.17, 15) is 41.1 Å². The molecule has 7 rings (SSSR count). The van der Waals surface area contributed by atoms with Crippen LogP contribution in [0.15, 0.2) is 30.4 Å². The van der Waals surface area contributed by atoms with E-state index in [1.165, 1.54) is 14.0 Å². The number of hydrogen-bond acceptors (Lipinski definition) is 10. The standard InChI is InChI=1S/C43H56F3N5O10S/c1-7-25-19-24(2)11-8-9-12-26-22-42(26,38(54)49-62(57,58)41(5)16-17-41)48-34(52)32-21-28(23-50(32)37(53)33(25)51(39(55)56)40(3,4)43(44,45)46)61-36-30-15-14-27(59-6)20-31(30)29-13-10-18-60-35(29)47-36/h9,12,14-15,20,24-26,28,32-33H,7-8,10-11,13,16-19,21-23H2,1-6H3,(H,48,52)(H,49,54)(H,55,56)/t24-,25-,26-,28-,32+,33+,42-/m1/s1. The van der Waals surface area contributed by atoms with Crippen molar-refractivity contribution in [3.63, 3.8) is 0 Å². The Morgan fingerprint density at radius 1 is 1.16 bits per heavy atom. The average molecular weight is 892 g/mol. The molecule has 3 N–H and O–H groups in total. The Bertz CT molecular complexity index is 2270. The van der Waals surface area contributed by atoms with E-state index in [4.69, 9.17) is 19.2 Å². The summed E-state index contributed by atoms with van der Waals surface area (Å²) in [6.45, 7) is 6.53. The Hall–Kier alpha value is -4.81. The number of aromatic nitrogens is 1. The normalized spacial score (nSPS) is 28.8. The first-order valence-electron chi connectivity index (χ1n) is 21.3. The molecule has 7 atom stereocenters. The number of hydrogen-bond donors (Lipinski definition) is 3. The molecule has 0 bridgehead atoms. The first-order valence-corrected chi connectivity index (χ1v) is 22.8. The Morgan fingerprint density at radius 2 is 1.89 bits per heavy atom. The summed E-state index contributed by atoms with van der Waals surface area (Å²) >= 11 is 0. The fourth-order valence-corrected chi connectivity index (χ4v) is 10.5. The highest BCUT2D eigenvalue weighted by atomic mass is 32.2. The third-order valence-electron chi connectivity index (χ3n) is 13.7. The average Bonchev–Trinajstić information content (AvgIpc) is 4.09. The lowest BCUT2D eigenvalue weighted by atomic mass is 9.82. The minimum absolute atomic E-state index is 0.0467. The van der Waals surface area contributed by atoms with Crippen molar-refractivity contribution in [1.29, 1.82) is 0 Å². The number of rotatable bonds is 9. The number of nitrogens with one attached hydrogen (secondary N) is 2. The largest absolute Gasteiger partial charge is 0.497 e. The van der Waals surface area contributed by atoms with Crippen molar-refractivity contribution in [2.45, 2.75) is 139 Å². The molecule has 4 heterocycles. The molecule has 3 aliphatic heterocycles. The predicted molar refractivity (Wildman–Crippen MR) is 220 cm³/mol. The van der Waals surface area contributed by atoms with Crippen LogP contribution in [0.1, 0.15) is 98.0 Å². The van der Waals surface area contributed by atoms with Crippen LogP contribution in [0.5, 0.6) is 17.5 Å². The lowest BCUT2D eigenvalue weighted by molar-refractivity contribution is -0.222. The third kappa shape index (κ3) is 8.25. The summed E-state index contributed by atoms with van der Waals surface area (Å²) in [6.07, 6.45) is -1.31. The van der Waals surface area contributed by atoms with Crippen LogP contribution in [0.3, 0.4) is 0 Å². The summed E-state index contributed by atoms with van der Waals surface area (Å²) < 4.78 is 90.2. The van der Waals surface area contributed by atoms with Crippen molar-refractivity contribution in [2.24, 2.45) is 17.8 Å². The highest BCUT2D eigenvalue weighted by molar-refractivity contribution is 7.91. The molecule has 340 valence electrons. The molecule has 2 aromatic rings. The Balaban J connectivity index is 1.32. The summed E-state index contributed by atoms with van der Waals surface area (Å²) in [7, 11) is -2.60. The van der Waals surface area contributed by atoms with Crippen LogP contribution in [-0.4, -0.2) is 113 Å². The Labute approximate surface area is 359 Å². The number of pyridine rings is 1. The second-order valence-corrected chi connectivity index (χ2v) is 20.6. The number of amides is 4. The zero-order chi connectivity index (χ0) is 45.2. The first kappa shape index (κ1) is 45.2. The maximum atomic E-state index is 15.3. The van der Waals surface area contributed by atoms with Crippen molar-refractivity contribution in [1.82, 2.24) is 24.8 Å². The predicted octanol–water partition coefficient (Wildman–Crippen LogP) is 5.88. The SMILES string of the molecule is CC[C@@H]1C[C@H](C)CCC=C[C@@H]2C[C@@]2(C(=O)NS(=O)(=O)C2(C)CC2)NC(=O)[C@@H]2C[C@@H](Oc3nc4c(c5cc(OC)ccc35)CCCO4)CN2C(=O)[C@H]1N(C(=O)O)C(C)(C)C(F)(F)F. The number of sulfonamides is 1. The van der Waals surface area contributed by atoms with Gasteiger partial charge in [0.2, 0.25) is 33.6 Å². The van der Waals surface area contributed by atoms with Crippen LogP contribution >= 0.6 is 0 Å². The molecular formula is C43H56F3N5O10S. The lowest BCUT2D eigenvalue weighted by Crippen LogP contribution is -2.66. The van der Waals surface area contributed by atoms with Crippen molar-refractivity contribution < 1.29 is 60.1 Å². The van der Waals surface area contributed by atoms with Crippen LogP contribution in [0.25, 0.3) is 10.8 Å². The van der Waals surface area contributed by atoms with Crippen LogP contribution < -0.4 is 24.2 Å². The lowest BCUT2D eigenvalue weighted by Gasteiger charge is -2.46. The molecule has 15 nitrogen and oxygen atoms in total. The van der Waals surface area contributed by atoms with Crippen molar-refractivity contribution in [3.05, 3.63) is 35.9 Å². The van der Waals surface area contributed by atoms with Gasteiger partial charge in [0.1, 0.15) is 35.0 Å². The van der Waals surface area contributed by atoms with Crippen LogP contribution in [0.2, 0.25) is 0 Å². The van der Waals surface area contributed by atoms with E-state index in [0.29, 0.717) is 69.6 Å². The quantitative estimate of drug-likeness (QED) is 0.255. The molecule has 19 heteroatoms. The van der Waals surface area contributed by atoms with Crippen molar-refractivity contribution >= 4 is 44.6 Å². The van der Waals surface area contributed by atoms with E-state index >= 15 is 4.79 Å². The van der Waals surface area contributed by atoms with Gasteiger partial charge in [0.25, 0.3) is 5.91 Å². The highest BCUT2D eigenvalue weighted by Crippen LogP contribution is 2.48. The minimum atomic E-state index is -5.10. The van der Waals surface area contributed by atoms with E-state index in [-0.39, 0.29) is 48.9 Å². The molecule has 5 aliphatic rings. The number of fused-ring (bicyclic) bond motifs is 5. The number of carbonyl (C=O) groups excluding carboxylic acids is 3. The minimum Gasteiger partial charge on any atom is -0.497 e. The molecule has 0 radical (unpaired) electrons. The Morgan fingerprint density at radius 3 is 2.53 bits per heavy atom. The summed E-state index contributed by atoms with van der Waals surface area (Å²) in [5, 5.41) is 14.7. The summed E-state index contributed by atoms with van der Waals surface area (Å²) in [4.78, 5) is 63.1. The van der Waals surface area contributed by atoms with Gasteiger partial charge in [-0.15, -0.1) is 0 Å². The number of carboxylic acid groups (broad SMARTS) is 1. The molecule has 3 fully saturated rings. The second kappa shape index (κ2) is 16.4. The number of allylic oxidation sites excluding steroid dienone is 1. The molecule has 1 aromatic heterocycles. The molecule has 1 aromatic carbocycles. The maximum absolute atomic E-state index is 15.3. The fraction of sp³-hybridized carbons (Fsp3) is 0.651. The molecule has 0 unspecified atom stereocenters. The number of halogens is 3. The molecule has 2 aliphatic carbocycles. The van der Waals surface area contributed by atoms with Gasteiger partial charge in [0, 0.05) is 23.3 Å². The molecule has 0 spiro atoms. The number of alkyl halides is 3. The van der Waals surface area contributed by atoms with E-state index in [1.54, 1.807) is 25.1 Å². The van der Waals surface area contributed by atoms with Gasteiger partial charge in [0.15, 0.2) is 0 Å². The second-order valence-electron chi connectivity index (χ2n) is 18.4. The van der Waals surface area contributed by atoms with Crippen LogP contribution in [0, 0.1) is 17.8 Å². The van der Waals surface area contributed by atoms with E-state index in [0.717, 1.165) is 22.3 Å². The van der Waals surface area contributed by atoms with Gasteiger partial charge in [-0.1, -0.05) is 32.4 Å². The first-order chi connectivity index (χ1) is 29.1. The zero-order valence-corrected chi connectivity index (χ0v) is 36.7. The number of carbonyl (C=O) groups is 4. The number of nitrogens with zero attached hydrogens (tertiary/aromatic N) is 3. The topological polar surface area (TPSA) is 194 Å². The van der Waals surface area contributed by atoms with Gasteiger partial charge < -0.3 is 29.5 Å². The molecule has 4 amide bonds. The molecule has 62 heavy (non-hydrogen) atoms. The summed E-state index contributed by atoms with van der Waals surface area (Å²) in [5.74, 6) is -3.57. The number of methoxy groups -OCH3 is 1. The molecule has 2 saturated carbocycles. The monoisotopic (exact) mass is 891 g/mol. The summed E-state index contributed by atoms with van der Waals surface area (Å²) in [6, 6.07) is 1.90. The van der Waals surface area contributed by atoms with Gasteiger partial charge in [0.05, 0.1) is 25.0 Å². The third-order valence-corrected chi connectivity index (χ3v) is 15.8. The number of aryl methyl sites for hydroxylation is 1. The van der Waals surface area contributed by atoms with E-state index in [1.807, 2.05) is 19.1 Å². The fourth-order valence-electron chi connectivity index (χ4n) is 9.22. The van der Waals surface area contributed by atoms with Gasteiger partial charge in [-0.25, -0.2) is 13.2 Å². The number of ether oxygens (including phenoxy) is 3.